The van der Waals surface area contributed by atoms with E-state index in [9.17, 15) is 4.79 Å². The Morgan fingerprint density at radius 2 is 2.04 bits per heavy atom. The first kappa shape index (κ1) is 16.2. The fraction of sp³-hybridized carbons (Fsp3) is 0.125. The number of benzene rings is 1. The number of carbonyl (C=O) groups is 1. The molecule has 24 heavy (non-hydrogen) atoms. The average molecular weight is 355 g/mol. The standard InChI is InChI=1S/C16H13N5OS2/c1-21(13-7-6-12-14(20-13)24-16(23)19-12)15(22)18-11-4-2-10(3-5-11)8-9-17/h2-7H,8H2,1H3,(H,18,22)(H,19,23). The summed E-state index contributed by atoms with van der Waals surface area (Å²) >= 11 is 5.58. The maximum absolute atomic E-state index is 12.4. The number of hydrogen-bond acceptors (Lipinski definition) is 6. The molecule has 1 N–H and O–H groups in total. The van der Waals surface area contributed by atoms with Crippen molar-refractivity contribution in [2.24, 2.45) is 0 Å². The van der Waals surface area contributed by atoms with Crippen molar-refractivity contribution in [1.29, 1.82) is 5.26 Å². The first-order chi connectivity index (χ1) is 11.6. The smallest absolute Gasteiger partial charge is 0.308 e. The van der Waals surface area contributed by atoms with Gasteiger partial charge in [-0.1, -0.05) is 23.5 Å². The molecule has 2 heterocycles. The molecule has 6 nitrogen and oxygen atoms in total. The summed E-state index contributed by atoms with van der Waals surface area (Å²) < 4.78 is 0.638. The molecule has 0 aliphatic rings. The number of anilines is 2. The molecule has 0 fully saturated rings. The highest BCUT2D eigenvalue weighted by molar-refractivity contribution is 7.82. The van der Waals surface area contributed by atoms with E-state index in [4.69, 9.17) is 5.26 Å². The predicted molar refractivity (Wildman–Crippen MR) is 97.8 cm³/mol. The zero-order valence-corrected chi connectivity index (χ0v) is 14.4. The lowest BCUT2D eigenvalue weighted by Crippen LogP contribution is -2.31. The van der Waals surface area contributed by atoms with Crippen LogP contribution < -0.4 is 10.2 Å². The summed E-state index contributed by atoms with van der Waals surface area (Å²) in [6, 6.07) is 12.5. The molecule has 3 aromatic rings. The van der Waals surface area contributed by atoms with Gasteiger partial charge in [-0.05, 0) is 29.8 Å². The maximum atomic E-state index is 12.4. The minimum absolute atomic E-state index is 0.300. The van der Waals surface area contributed by atoms with Gasteiger partial charge in [0.1, 0.15) is 20.5 Å². The van der Waals surface area contributed by atoms with E-state index < -0.39 is 0 Å². The summed E-state index contributed by atoms with van der Waals surface area (Å²) in [6.07, 6.45) is 0.347. The Morgan fingerprint density at radius 3 is 2.75 bits per heavy atom. The van der Waals surface area contributed by atoms with E-state index in [1.807, 2.05) is 18.2 Å². The largest absolute Gasteiger partial charge is 0.327 e. The number of nitrogens with one attached hydrogen (secondary N) is 1. The number of nitriles is 1. The van der Waals surface area contributed by atoms with Crippen LogP contribution in [-0.2, 0) is 6.42 Å². The van der Waals surface area contributed by atoms with E-state index in [0.717, 1.165) is 15.9 Å². The molecule has 2 aromatic heterocycles. The molecular weight excluding hydrogens is 342 g/mol. The van der Waals surface area contributed by atoms with Gasteiger partial charge in [0.2, 0.25) is 0 Å². The third kappa shape index (κ3) is 3.48. The van der Waals surface area contributed by atoms with Gasteiger partial charge in [0.15, 0.2) is 0 Å². The normalized spacial score (nSPS) is 10.4. The predicted octanol–water partition coefficient (Wildman–Crippen LogP) is 3.71. The van der Waals surface area contributed by atoms with Crippen molar-refractivity contribution in [3.63, 3.8) is 0 Å². The Labute approximate surface area is 148 Å². The number of carbonyl (C=O) groups excluding carboxylic acids is 1. The molecule has 0 unspecified atom stereocenters. The van der Waals surface area contributed by atoms with E-state index >= 15 is 0 Å². The van der Waals surface area contributed by atoms with Crippen LogP contribution in [0.4, 0.5) is 16.3 Å². The molecule has 8 heteroatoms. The molecule has 0 spiro atoms. The number of hydrogen-bond donors (Lipinski definition) is 2. The van der Waals surface area contributed by atoms with Crippen molar-refractivity contribution in [3.05, 3.63) is 42.0 Å². The maximum Gasteiger partial charge on any atom is 0.327 e. The molecule has 0 atom stereocenters. The van der Waals surface area contributed by atoms with Crippen LogP contribution in [0, 0.1) is 11.3 Å². The van der Waals surface area contributed by atoms with Gasteiger partial charge in [0, 0.05) is 12.7 Å². The Hall–Kier alpha value is -2.63. The van der Waals surface area contributed by atoms with Crippen LogP contribution in [0.15, 0.2) is 40.7 Å². The first-order valence-corrected chi connectivity index (χ1v) is 8.30. The number of pyridine rings is 1. The fourth-order valence-corrected chi connectivity index (χ4v) is 3.13. The van der Waals surface area contributed by atoms with Crippen molar-refractivity contribution in [1.82, 2.24) is 9.97 Å². The minimum Gasteiger partial charge on any atom is -0.308 e. The van der Waals surface area contributed by atoms with Crippen LogP contribution in [0.2, 0.25) is 0 Å². The summed E-state index contributed by atoms with van der Waals surface area (Å²) in [5, 5.41) is 11.5. The molecule has 3 rings (SSSR count). The van der Waals surface area contributed by atoms with Gasteiger partial charge in [-0.3, -0.25) is 4.90 Å². The molecule has 1 aromatic carbocycles. The van der Waals surface area contributed by atoms with E-state index in [2.05, 4.69) is 34.0 Å². The van der Waals surface area contributed by atoms with E-state index in [-0.39, 0.29) is 6.03 Å². The number of rotatable bonds is 3. The summed E-state index contributed by atoms with van der Waals surface area (Å²) in [5.74, 6) is 0.526. The minimum atomic E-state index is -0.300. The topological polar surface area (TPSA) is 81.9 Å². The van der Waals surface area contributed by atoms with Crippen molar-refractivity contribution in [3.8, 4) is 6.07 Å². The number of thiol groups is 1. The van der Waals surface area contributed by atoms with Gasteiger partial charge in [-0.25, -0.2) is 14.8 Å². The Kier molecular flexibility index (Phi) is 4.64. The number of amides is 2. The van der Waals surface area contributed by atoms with E-state index in [1.54, 1.807) is 25.2 Å². The molecule has 0 saturated carbocycles. The van der Waals surface area contributed by atoms with Gasteiger partial charge in [0.25, 0.3) is 0 Å². The van der Waals surface area contributed by atoms with Gasteiger partial charge in [0.05, 0.1) is 12.5 Å². The lowest BCUT2D eigenvalue weighted by atomic mass is 10.1. The third-order valence-electron chi connectivity index (χ3n) is 3.37. The SMILES string of the molecule is CN(C(=O)Nc1ccc(CC#N)cc1)c1ccc2nc(S)sc2n1. The molecule has 0 radical (unpaired) electrons. The van der Waals surface area contributed by atoms with Crippen molar-refractivity contribution in [2.75, 3.05) is 17.3 Å². The number of urea groups is 1. The Bertz CT molecular complexity index is 930. The summed E-state index contributed by atoms with van der Waals surface area (Å²) in [7, 11) is 1.65. The van der Waals surface area contributed by atoms with Crippen LogP contribution >= 0.6 is 24.0 Å². The number of thiazole rings is 1. The molecule has 0 aliphatic carbocycles. The summed E-state index contributed by atoms with van der Waals surface area (Å²) in [6.45, 7) is 0. The van der Waals surface area contributed by atoms with Crippen molar-refractivity contribution in [2.45, 2.75) is 10.8 Å². The van der Waals surface area contributed by atoms with E-state index in [0.29, 0.717) is 22.3 Å². The summed E-state index contributed by atoms with van der Waals surface area (Å²) in [5.41, 5.74) is 2.32. The Morgan fingerprint density at radius 1 is 1.29 bits per heavy atom. The highest BCUT2D eigenvalue weighted by Gasteiger charge is 2.14. The lowest BCUT2D eigenvalue weighted by molar-refractivity contribution is 0.258. The third-order valence-corrected chi connectivity index (χ3v) is 4.51. The molecular formula is C16H13N5OS2. The summed E-state index contributed by atoms with van der Waals surface area (Å²) in [4.78, 5) is 23.2. The molecule has 0 saturated heterocycles. The van der Waals surface area contributed by atoms with Gasteiger partial charge in [-0.15, -0.1) is 12.6 Å². The number of fused-ring (bicyclic) bond motifs is 1. The fourth-order valence-electron chi connectivity index (χ4n) is 2.09. The molecule has 120 valence electrons. The van der Waals surface area contributed by atoms with Crippen molar-refractivity contribution >= 4 is 51.8 Å². The average Bonchev–Trinajstić information content (AvgIpc) is 2.95. The van der Waals surface area contributed by atoms with Crippen LogP contribution in [0.1, 0.15) is 5.56 Å². The van der Waals surface area contributed by atoms with Crippen LogP contribution in [0.25, 0.3) is 10.3 Å². The lowest BCUT2D eigenvalue weighted by Gasteiger charge is -2.17. The molecule has 0 bridgehead atoms. The highest BCUT2D eigenvalue weighted by Crippen LogP contribution is 2.25. The zero-order valence-electron chi connectivity index (χ0n) is 12.7. The highest BCUT2D eigenvalue weighted by atomic mass is 32.2. The quantitative estimate of drug-likeness (QED) is 0.702. The number of nitrogens with zero attached hydrogens (tertiary/aromatic N) is 4. The van der Waals surface area contributed by atoms with Gasteiger partial charge < -0.3 is 5.32 Å². The van der Waals surface area contributed by atoms with E-state index in [1.165, 1.54) is 16.2 Å². The van der Waals surface area contributed by atoms with Crippen LogP contribution in [0.5, 0.6) is 0 Å². The van der Waals surface area contributed by atoms with Gasteiger partial charge in [-0.2, -0.15) is 5.26 Å². The first-order valence-electron chi connectivity index (χ1n) is 7.04. The molecule has 0 aliphatic heterocycles. The van der Waals surface area contributed by atoms with Crippen molar-refractivity contribution < 1.29 is 4.79 Å². The second kappa shape index (κ2) is 6.86. The number of aromatic nitrogens is 2. The second-order valence-corrected chi connectivity index (χ2v) is 6.71. The van der Waals surface area contributed by atoms with Gasteiger partial charge >= 0.3 is 6.03 Å². The monoisotopic (exact) mass is 355 g/mol. The second-order valence-electron chi connectivity index (χ2n) is 5.01. The molecule has 2 amide bonds. The Balaban J connectivity index is 1.74. The zero-order chi connectivity index (χ0) is 17.1. The van der Waals surface area contributed by atoms with Crippen LogP contribution in [-0.4, -0.2) is 23.0 Å². The van der Waals surface area contributed by atoms with Crippen LogP contribution in [0.3, 0.4) is 0 Å².